The molecule has 116 valence electrons. The van der Waals surface area contributed by atoms with Crippen LogP contribution in [-0.2, 0) is 17.8 Å². The first-order valence-electron chi connectivity index (χ1n) is 6.92. The summed E-state index contributed by atoms with van der Waals surface area (Å²) in [6.45, 7) is 4.19. The Kier molecular flexibility index (Phi) is 6.03. The minimum atomic E-state index is -0.161. The summed E-state index contributed by atoms with van der Waals surface area (Å²) in [7, 11) is 1.58. The fourth-order valence-electron chi connectivity index (χ4n) is 1.92. The number of rotatable bonds is 8. The highest BCUT2D eigenvalue weighted by Crippen LogP contribution is 2.28. The van der Waals surface area contributed by atoms with Gasteiger partial charge in [-0.2, -0.15) is 0 Å². The Hall–Kier alpha value is -2.27. The lowest BCUT2D eigenvalue weighted by Gasteiger charge is -2.11. The number of hydrogen-bond acceptors (Lipinski definition) is 4. The molecule has 4 nitrogen and oxygen atoms in total. The molecule has 1 amide bonds. The third-order valence-corrected chi connectivity index (χ3v) is 3.88. The SMILES string of the molecule is C=CCc1ccc(OCC(=O)NCc2cccs2)c(OC)c1. The van der Waals surface area contributed by atoms with Gasteiger partial charge in [-0.25, -0.2) is 0 Å². The average Bonchev–Trinajstić information content (AvgIpc) is 3.05. The summed E-state index contributed by atoms with van der Waals surface area (Å²) in [5.41, 5.74) is 1.08. The highest BCUT2D eigenvalue weighted by Gasteiger charge is 2.08. The normalized spacial score (nSPS) is 10.0. The Bertz CT molecular complexity index is 623. The van der Waals surface area contributed by atoms with Gasteiger partial charge < -0.3 is 14.8 Å². The predicted molar refractivity (Wildman–Crippen MR) is 88.6 cm³/mol. The van der Waals surface area contributed by atoms with Gasteiger partial charge >= 0.3 is 0 Å². The van der Waals surface area contributed by atoms with E-state index in [1.54, 1.807) is 18.4 Å². The van der Waals surface area contributed by atoms with Crippen LogP contribution in [0.2, 0.25) is 0 Å². The summed E-state index contributed by atoms with van der Waals surface area (Å²) in [5, 5.41) is 4.80. The van der Waals surface area contributed by atoms with Gasteiger partial charge in [0.05, 0.1) is 13.7 Å². The molecule has 0 saturated heterocycles. The van der Waals surface area contributed by atoms with Crippen molar-refractivity contribution in [2.75, 3.05) is 13.7 Å². The summed E-state index contributed by atoms with van der Waals surface area (Å²) in [5.74, 6) is 1.01. The number of benzene rings is 1. The van der Waals surface area contributed by atoms with Crippen LogP contribution in [0.5, 0.6) is 11.5 Å². The maximum absolute atomic E-state index is 11.8. The molecule has 1 aromatic carbocycles. The number of methoxy groups -OCH3 is 1. The van der Waals surface area contributed by atoms with E-state index >= 15 is 0 Å². The highest BCUT2D eigenvalue weighted by molar-refractivity contribution is 7.09. The zero-order valence-electron chi connectivity index (χ0n) is 12.5. The Labute approximate surface area is 134 Å². The molecule has 2 rings (SSSR count). The van der Waals surface area contributed by atoms with Crippen molar-refractivity contribution >= 4 is 17.2 Å². The first-order chi connectivity index (χ1) is 10.7. The molecule has 1 heterocycles. The number of allylic oxidation sites excluding steroid dienone is 1. The van der Waals surface area contributed by atoms with Gasteiger partial charge in [0, 0.05) is 4.88 Å². The zero-order valence-corrected chi connectivity index (χ0v) is 13.3. The van der Waals surface area contributed by atoms with Crippen molar-refractivity contribution in [1.29, 1.82) is 0 Å². The van der Waals surface area contributed by atoms with E-state index in [1.165, 1.54) is 0 Å². The van der Waals surface area contributed by atoms with Gasteiger partial charge in [-0.15, -0.1) is 17.9 Å². The fraction of sp³-hybridized carbons (Fsp3) is 0.235. The van der Waals surface area contributed by atoms with Gasteiger partial charge in [0.15, 0.2) is 18.1 Å². The summed E-state index contributed by atoms with van der Waals surface area (Å²) in [4.78, 5) is 12.9. The summed E-state index contributed by atoms with van der Waals surface area (Å²) < 4.78 is 10.8. The van der Waals surface area contributed by atoms with Gasteiger partial charge in [-0.05, 0) is 35.6 Å². The predicted octanol–water partition coefficient (Wildman–Crippen LogP) is 3.18. The van der Waals surface area contributed by atoms with E-state index in [0.717, 1.165) is 16.9 Å². The van der Waals surface area contributed by atoms with Crippen molar-refractivity contribution in [2.45, 2.75) is 13.0 Å². The Morgan fingerprint density at radius 3 is 2.91 bits per heavy atom. The molecule has 0 radical (unpaired) electrons. The number of hydrogen-bond donors (Lipinski definition) is 1. The van der Waals surface area contributed by atoms with Crippen molar-refractivity contribution < 1.29 is 14.3 Å². The van der Waals surface area contributed by atoms with Crippen LogP contribution in [0.3, 0.4) is 0 Å². The van der Waals surface area contributed by atoms with Crippen molar-refractivity contribution in [2.24, 2.45) is 0 Å². The molecule has 0 saturated carbocycles. The third-order valence-electron chi connectivity index (χ3n) is 3.01. The van der Waals surface area contributed by atoms with Crippen LogP contribution in [0, 0.1) is 0 Å². The zero-order chi connectivity index (χ0) is 15.8. The molecule has 0 aliphatic carbocycles. The van der Waals surface area contributed by atoms with Crippen LogP contribution in [-0.4, -0.2) is 19.6 Å². The molecule has 22 heavy (non-hydrogen) atoms. The van der Waals surface area contributed by atoms with Gasteiger partial charge in [-0.3, -0.25) is 4.79 Å². The van der Waals surface area contributed by atoms with E-state index in [9.17, 15) is 4.79 Å². The molecule has 0 bridgehead atoms. The first-order valence-corrected chi connectivity index (χ1v) is 7.80. The molecule has 0 spiro atoms. The summed E-state index contributed by atoms with van der Waals surface area (Å²) in [6.07, 6.45) is 2.59. The van der Waals surface area contributed by atoms with Crippen molar-refractivity contribution in [3.05, 3.63) is 58.8 Å². The van der Waals surface area contributed by atoms with Crippen LogP contribution >= 0.6 is 11.3 Å². The molecule has 0 aliphatic rings. The van der Waals surface area contributed by atoms with Crippen LogP contribution in [0.25, 0.3) is 0 Å². The summed E-state index contributed by atoms with van der Waals surface area (Å²) in [6, 6.07) is 9.57. The van der Waals surface area contributed by atoms with E-state index < -0.39 is 0 Å². The van der Waals surface area contributed by atoms with E-state index in [0.29, 0.717) is 18.0 Å². The summed E-state index contributed by atoms with van der Waals surface area (Å²) >= 11 is 1.61. The van der Waals surface area contributed by atoms with Gasteiger partial charge in [-0.1, -0.05) is 18.2 Å². The van der Waals surface area contributed by atoms with Crippen LogP contribution in [0.1, 0.15) is 10.4 Å². The molecular weight excluding hydrogens is 298 g/mol. The fourth-order valence-corrected chi connectivity index (χ4v) is 2.56. The van der Waals surface area contributed by atoms with Crippen molar-refractivity contribution in [1.82, 2.24) is 5.32 Å². The second-order valence-electron chi connectivity index (χ2n) is 4.62. The van der Waals surface area contributed by atoms with Gasteiger partial charge in [0.2, 0.25) is 0 Å². The Morgan fingerprint density at radius 1 is 1.36 bits per heavy atom. The van der Waals surface area contributed by atoms with Crippen LogP contribution < -0.4 is 14.8 Å². The molecule has 1 N–H and O–H groups in total. The largest absolute Gasteiger partial charge is 0.493 e. The van der Waals surface area contributed by atoms with E-state index in [2.05, 4.69) is 11.9 Å². The highest BCUT2D eigenvalue weighted by atomic mass is 32.1. The number of amides is 1. The minimum absolute atomic E-state index is 0.0391. The standard InChI is InChI=1S/C17H19NO3S/c1-3-5-13-7-8-15(16(10-13)20-2)21-12-17(19)18-11-14-6-4-9-22-14/h3-4,6-10H,1,5,11-12H2,2H3,(H,18,19). The van der Waals surface area contributed by atoms with Crippen LogP contribution in [0.15, 0.2) is 48.4 Å². The van der Waals surface area contributed by atoms with Gasteiger partial charge in [0.25, 0.3) is 5.91 Å². The van der Waals surface area contributed by atoms with Gasteiger partial charge in [0.1, 0.15) is 0 Å². The maximum atomic E-state index is 11.8. The van der Waals surface area contributed by atoms with Crippen molar-refractivity contribution in [3.63, 3.8) is 0 Å². The molecule has 2 aromatic rings. The Morgan fingerprint density at radius 2 is 2.23 bits per heavy atom. The quantitative estimate of drug-likeness (QED) is 0.761. The first kappa shape index (κ1) is 16.1. The average molecular weight is 317 g/mol. The Balaban J connectivity index is 1.87. The minimum Gasteiger partial charge on any atom is -0.493 e. The number of ether oxygens (including phenoxy) is 2. The molecule has 0 aliphatic heterocycles. The van der Waals surface area contributed by atoms with E-state index in [1.807, 2.05) is 41.8 Å². The maximum Gasteiger partial charge on any atom is 0.258 e. The smallest absolute Gasteiger partial charge is 0.258 e. The molecular formula is C17H19NO3S. The molecule has 5 heteroatoms. The number of thiophene rings is 1. The lowest BCUT2D eigenvalue weighted by molar-refractivity contribution is -0.123. The van der Waals surface area contributed by atoms with E-state index in [4.69, 9.17) is 9.47 Å². The second-order valence-corrected chi connectivity index (χ2v) is 5.66. The second kappa shape index (κ2) is 8.24. The monoisotopic (exact) mass is 317 g/mol. The number of carbonyl (C=O) groups excluding carboxylic acids is 1. The number of nitrogens with one attached hydrogen (secondary N) is 1. The molecule has 0 unspecified atom stereocenters. The third kappa shape index (κ3) is 4.63. The van der Waals surface area contributed by atoms with Crippen LogP contribution in [0.4, 0.5) is 0 Å². The number of carbonyl (C=O) groups is 1. The van der Waals surface area contributed by atoms with E-state index in [-0.39, 0.29) is 12.5 Å². The molecule has 0 fully saturated rings. The molecule has 0 atom stereocenters. The molecule has 1 aromatic heterocycles. The van der Waals surface area contributed by atoms with Crippen molar-refractivity contribution in [3.8, 4) is 11.5 Å². The lowest BCUT2D eigenvalue weighted by Crippen LogP contribution is -2.28. The topological polar surface area (TPSA) is 47.6 Å². The lowest BCUT2D eigenvalue weighted by atomic mass is 10.1.